The number of carbonyl (C=O) groups is 1. The Morgan fingerprint density at radius 1 is 1.33 bits per heavy atom. The number of piperidine rings is 1. The maximum absolute atomic E-state index is 12.2. The molecule has 1 N–H and O–H groups in total. The number of pyridine rings is 1. The third-order valence-electron chi connectivity index (χ3n) is 4.49. The molecule has 1 aromatic carbocycles. The molecule has 128 valence electrons. The van der Waals surface area contributed by atoms with Crippen molar-refractivity contribution in [1.82, 2.24) is 9.88 Å². The minimum atomic E-state index is 0.293. The second-order valence-corrected chi connectivity index (χ2v) is 7.83. The number of benzene rings is 1. The van der Waals surface area contributed by atoms with Crippen LogP contribution in [0.15, 0.2) is 34.9 Å². The second kappa shape index (κ2) is 7.51. The molecule has 1 aliphatic heterocycles. The Morgan fingerprint density at radius 2 is 2.08 bits per heavy atom. The minimum Gasteiger partial charge on any atom is -0.382 e. The van der Waals surface area contributed by atoms with Crippen molar-refractivity contribution < 1.29 is 4.79 Å². The van der Waals surface area contributed by atoms with Crippen LogP contribution in [0.3, 0.4) is 0 Å². The van der Waals surface area contributed by atoms with Gasteiger partial charge in [-0.2, -0.15) is 0 Å². The number of hydrogen-bond donors (Lipinski definition) is 1. The van der Waals surface area contributed by atoms with Crippen molar-refractivity contribution in [3.63, 3.8) is 0 Å². The van der Waals surface area contributed by atoms with Crippen LogP contribution >= 0.6 is 15.9 Å². The molecule has 1 amide bonds. The number of fused-ring (bicyclic) bond motifs is 1. The molecule has 2 aromatic rings. The standard InChI is InChI=1S/C19H24BrN3O/c1-13(2)11-19(24)23-9-6-15(7-10-23)22-18-5-8-21-17-4-3-14(20)12-16(17)18/h3-5,8,12-13,15H,6-7,9-11H2,1-2H3,(H,21,22). The van der Waals surface area contributed by atoms with E-state index >= 15 is 0 Å². The molecular formula is C19H24BrN3O. The van der Waals surface area contributed by atoms with E-state index in [9.17, 15) is 4.79 Å². The van der Waals surface area contributed by atoms with Gasteiger partial charge in [-0.1, -0.05) is 29.8 Å². The summed E-state index contributed by atoms with van der Waals surface area (Å²) in [7, 11) is 0. The zero-order valence-electron chi connectivity index (χ0n) is 14.3. The van der Waals surface area contributed by atoms with Gasteiger partial charge < -0.3 is 10.2 Å². The van der Waals surface area contributed by atoms with E-state index in [2.05, 4.69) is 46.1 Å². The average Bonchev–Trinajstić information content (AvgIpc) is 2.55. The predicted octanol–water partition coefficient (Wildman–Crippen LogP) is 4.45. The summed E-state index contributed by atoms with van der Waals surface area (Å²) in [6.45, 7) is 5.88. The first kappa shape index (κ1) is 17.2. The van der Waals surface area contributed by atoms with Crippen LogP contribution in [0.1, 0.15) is 33.1 Å². The molecule has 5 heteroatoms. The lowest BCUT2D eigenvalue weighted by Crippen LogP contribution is -2.42. The van der Waals surface area contributed by atoms with Crippen LogP contribution in [0.5, 0.6) is 0 Å². The van der Waals surface area contributed by atoms with Crippen molar-refractivity contribution in [3.05, 3.63) is 34.9 Å². The van der Waals surface area contributed by atoms with Gasteiger partial charge in [0.25, 0.3) is 0 Å². The highest BCUT2D eigenvalue weighted by Gasteiger charge is 2.23. The van der Waals surface area contributed by atoms with Crippen molar-refractivity contribution in [3.8, 4) is 0 Å². The molecule has 0 saturated carbocycles. The summed E-state index contributed by atoms with van der Waals surface area (Å²) in [5.41, 5.74) is 2.11. The predicted molar refractivity (Wildman–Crippen MR) is 102 cm³/mol. The van der Waals surface area contributed by atoms with E-state index in [0.717, 1.165) is 47.0 Å². The van der Waals surface area contributed by atoms with Crippen LogP contribution in [0.25, 0.3) is 10.9 Å². The summed E-state index contributed by atoms with van der Waals surface area (Å²) in [5.74, 6) is 0.719. The molecule has 0 atom stereocenters. The van der Waals surface area contributed by atoms with Crippen LogP contribution in [-0.2, 0) is 4.79 Å². The summed E-state index contributed by atoms with van der Waals surface area (Å²) in [6, 6.07) is 8.57. The van der Waals surface area contributed by atoms with Crippen LogP contribution in [0, 0.1) is 5.92 Å². The Kier molecular flexibility index (Phi) is 5.39. The van der Waals surface area contributed by atoms with Gasteiger partial charge in [-0.05, 0) is 43.0 Å². The highest BCUT2D eigenvalue weighted by atomic mass is 79.9. The summed E-state index contributed by atoms with van der Waals surface area (Å²) < 4.78 is 1.06. The van der Waals surface area contributed by atoms with E-state index < -0.39 is 0 Å². The smallest absolute Gasteiger partial charge is 0.222 e. The van der Waals surface area contributed by atoms with E-state index in [4.69, 9.17) is 0 Å². The number of aromatic nitrogens is 1. The van der Waals surface area contributed by atoms with E-state index in [1.165, 1.54) is 0 Å². The zero-order valence-corrected chi connectivity index (χ0v) is 15.8. The van der Waals surface area contributed by atoms with Gasteiger partial charge in [0, 0.05) is 47.3 Å². The molecule has 1 fully saturated rings. The summed E-state index contributed by atoms with van der Waals surface area (Å²) in [6.07, 6.45) is 4.48. The molecule has 4 nitrogen and oxygen atoms in total. The Hall–Kier alpha value is -1.62. The highest BCUT2D eigenvalue weighted by Crippen LogP contribution is 2.27. The van der Waals surface area contributed by atoms with Gasteiger partial charge in [-0.3, -0.25) is 9.78 Å². The van der Waals surface area contributed by atoms with E-state index in [-0.39, 0.29) is 0 Å². The Labute approximate surface area is 151 Å². The van der Waals surface area contributed by atoms with Crippen molar-refractivity contribution in [2.45, 2.75) is 39.2 Å². The molecule has 0 radical (unpaired) electrons. The monoisotopic (exact) mass is 389 g/mol. The Balaban J connectivity index is 1.64. The highest BCUT2D eigenvalue weighted by molar-refractivity contribution is 9.10. The van der Waals surface area contributed by atoms with Gasteiger partial charge in [0.05, 0.1) is 5.52 Å². The van der Waals surface area contributed by atoms with Gasteiger partial charge in [0.2, 0.25) is 5.91 Å². The van der Waals surface area contributed by atoms with Crippen LogP contribution in [0.4, 0.5) is 5.69 Å². The molecule has 1 saturated heterocycles. The van der Waals surface area contributed by atoms with Crippen molar-refractivity contribution >= 4 is 38.4 Å². The molecule has 0 unspecified atom stereocenters. The largest absolute Gasteiger partial charge is 0.382 e. The number of carbonyl (C=O) groups excluding carboxylic acids is 1. The number of nitrogens with zero attached hydrogens (tertiary/aromatic N) is 2. The number of amides is 1. The number of anilines is 1. The summed E-state index contributed by atoms with van der Waals surface area (Å²) >= 11 is 3.54. The maximum Gasteiger partial charge on any atom is 0.222 e. The maximum atomic E-state index is 12.2. The van der Waals surface area contributed by atoms with Gasteiger partial charge in [0.1, 0.15) is 0 Å². The van der Waals surface area contributed by atoms with Crippen LogP contribution in [-0.4, -0.2) is 34.9 Å². The molecule has 1 aromatic heterocycles. The van der Waals surface area contributed by atoms with E-state index in [0.29, 0.717) is 24.3 Å². The fourth-order valence-electron chi connectivity index (χ4n) is 3.22. The van der Waals surface area contributed by atoms with Gasteiger partial charge in [0.15, 0.2) is 0 Å². The molecule has 1 aliphatic rings. The molecule has 3 rings (SSSR count). The molecular weight excluding hydrogens is 366 g/mol. The molecule has 24 heavy (non-hydrogen) atoms. The zero-order chi connectivity index (χ0) is 17.1. The Bertz CT molecular complexity index is 724. The van der Waals surface area contributed by atoms with Crippen molar-refractivity contribution in [1.29, 1.82) is 0 Å². The third-order valence-corrected chi connectivity index (χ3v) is 4.99. The lowest BCUT2D eigenvalue weighted by Gasteiger charge is -2.33. The number of likely N-dealkylation sites (tertiary alicyclic amines) is 1. The summed E-state index contributed by atoms with van der Waals surface area (Å²) in [5, 5.41) is 4.78. The fraction of sp³-hybridized carbons (Fsp3) is 0.474. The van der Waals surface area contributed by atoms with E-state index in [1.807, 2.05) is 29.3 Å². The first-order valence-electron chi connectivity index (χ1n) is 8.61. The molecule has 2 heterocycles. The molecule has 0 spiro atoms. The SMILES string of the molecule is CC(C)CC(=O)N1CCC(Nc2ccnc3ccc(Br)cc23)CC1. The fourth-order valence-corrected chi connectivity index (χ4v) is 3.58. The average molecular weight is 390 g/mol. The number of rotatable bonds is 4. The minimum absolute atomic E-state index is 0.293. The third kappa shape index (κ3) is 4.07. The van der Waals surface area contributed by atoms with Crippen LogP contribution in [0.2, 0.25) is 0 Å². The Morgan fingerprint density at radius 3 is 2.79 bits per heavy atom. The van der Waals surface area contributed by atoms with Gasteiger partial charge >= 0.3 is 0 Å². The van der Waals surface area contributed by atoms with Crippen LogP contribution < -0.4 is 5.32 Å². The van der Waals surface area contributed by atoms with Gasteiger partial charge in [-0.25, -0.2) is 0 Å². The molecule has 0 bridgehead atoms. The lowest BCUT2D eigenvalue weighted by molar-refractivity contribution is -0.132. The van der Waals surface area contributed by atoms with Crippen molar-refractivity contribution in [2.24, 2.45) is 5.92 Å². The topological polar surface area (TPSA) is 45.2 Å². The quantitative estimate of drug-likeness (QED) is 0.839. The summed E-state index contributed by atoms with van der Waals surface area (Å²) in [4.78, 5) is 18.6. The van der Waals surface area contributed by atoms with Crippen molar-refractivity contribution in [2.75, 3.05) is 18.4 Å². The second-order valence-electron chi connectivity index (χ2n) is 6.92. The first-order valence-corrected chi connectivity index (χ1v) is 9.41. The lowest BCUT2D eigenvalue weighted by atomic mass is 10.0. The number of nitrogens with one attached hydrogen (secondary N) is 1. The number of halogens is 1. The number of hydrogen-bond acceptors (Lipinski definition) is 3. The van der Waals surface area contributed by atoms with Gasteiger partial charge in [-0.15, -0.1) is 0 Å². The van der Waals surface area contributed by atoms with E-state index in [1.54, 1.807) is 0 Å². The molecule has 0 aliphatic carbocycles. The first-order chi connectivity index (χ1) is 11.5. The normalized spacial score (nSPS) is 15.9.